The van der Waals surface area contributed by atoms with Gasteiger partial charge in [-0.25, -0.2) is 0 Å². The Hall–Kier alpha value is -1.75. The van der Waals surface area contributed by atoms with Crippen molar-refractivity contribution >= 4 is 29.8 Å². The molecule has 1 heterocycles. The Kier molecular flexibility index (Phi) is 6.31. The van der Waals surface area contributed by atoms with E-state index < -0.39 is 0 Å². The Morgan fingerprint density at radius 1 is 1.35 bits per heavy atom. The van der Waals surface area contributed by atoms with Crippen molar-refractivity contribution < 1.29 is 9.53 Å². The first-order valence-corrected chi connectivity index (χ1v) is 6.53. The van der Waals surface area contributed by atoms with E-state index in [1.165, 1.54) is 0 Å². The van der Waals surface area contributed by atoms with E-state index in [0.29, 0.717) is 19.4 Å². The van der Waals surface area contributed by atoms with Crippen molar-refractivity contribution in [3.8, 4) is 5.75 Å². The third kappa shape index (κ3) is 4.74. The van der Waals surface area contributed by atoms with E-state index >= 15 is 0 Å². The number of hydrogen-bond acceptors (Lipinski definition) is 3. The molecule has 0 radical (unpaired) electrons. The second kappa shape index (κ2) is 7.75. The van der Waals surface area contributed by atoms with E-state index in [1.54, 1.807) is 0 Å². The highest BCUT2D eigenvalue weighted by molar-refractivity contribution is 5.94. The highest BCUT2D eigenvalue weighted by Crippen LogP contribution is 2.26. The monoisotopic (exact) mass is 297 g/mol. The number of ether oxygens (including phenoxy) is 1. The van der Waals surface area contributed by atoms with E-state index in [0.717, 1.165) is 36.3 Å². The molecule has 1 aliphatic heterocycles. The van der Waals surface area contributed by atoms with Gasteiger partial charge in [0.15, 0.2) is 0 Å². The van der Waals surface area contributed by atoms with Crippen molar-refractivity contribution in [2.45, 2.75) is 32.1 Å². The average Bonchev–Trinajstić information content (AvgIpc) is 2.38. The summed E-state index contributed by atoms with van der Waals surface area (Å²) in [5.74, 6) is 1.13. The number of carbonyl (C=O) groups is 1. The molecule has 0 saturated carbocycles. The number of hydrogen-bond donors (Lipinski definition) is 3. The van der Waals surface area contributed by atoms with Gasteiger partial charge in [0.1, 0.15) is 5.75 Å². The Balaban J connectivity index is 0.00000200. The van der Waals surface area contributed by atoms with Gasteiger partial charge in [-0.15, -0.1) is 12.4 Å². The highest BCUT2D eigenvalue weighted by Gasteiger charge is 2.14. The second-order valence-corrected chi connectivity index (χ2v) is 4.70. The Bertz CT molecular complexity index is 491. The summed E-state index contributed by atoms with van der Waals surface area (Å²) in [6, 6.07) is 5.74. The predicted molar refractivity (Wildman–Crippen MR) is 81.9 cm³/mol. The Morgan fingerprint density at radius 2 is 2.15 bits per heavy atom. The van der Waals surface area contributed by atoms with Crippen molar-refractivity contribution in [3.63, 3.8) is 0 Å². The standard InChI is InChI=1S/C14H19N3O2.ClH/c15-13(16)3-1-2-8-19-11-5-6-12-10(9-11)4-7-14(18)17-12;/h5-6,9H,1-4,7-8H2,(H3,15,16)(H,17,18);1H. The highest BCUT2D eigenvalue weighted by atomic mass is 35.5. The fourth-order valence-electron chi connectivity index (χ4n) is 2.06. The van der Waals surface area contributed by atoms with Gasteiger partial charge in [-0.1, -0.05) is 0 Å². The van der Waals surface area contributed by atoms with Gasteiger partial charge in [0.25, 0.3) is 0 Å². The molecule has 0 saturated heterocycles. The zero-order valence-electron chi connectivity index (χ0n) is 11.3. The molecule has 1 aliphatic rings. The summed E-state index contributed by atoms with van der Waals surface area (Å²) >= 11 is 0. The van der Waals surface area contributed by atoms with Gasteiger partial charge in [-0.2, -0.15) is 0 Å². The van der Waals surface area contributed by atoms with Gasteiger partial charge in [0.05, 0.1) is 12.4 Å². The number of rotatable bonds is 6. The molecule has 5 nitrogen and oxygen atoms in total. The van der Waals surface area contributed by atoms with Gasteiger partial charge in [-0.3, -0.25) is 10.2 Å². The average molecular weight is 298 g/mol. The fraction of sp³-hybridized carbons (Fsp3) is 0.429. The van der Waals surface area contributed by atoms with Gasteiger partial charge < -0.3 is 15.8 Å². The van der Waals surface area contributed by atoms with E-state index in [9.17, 15) is 4.79 Å². The minimum Gasteiger partial charge on any atom is -0.494 e. The minimum atomic E-state index is 0. The minimum absolute atomic E-state index is 0. The number of carbonyl (C=O) groups excluding carboxylic acids is 1. The third-order valence-corrected chi connectivity index (χ3v) is 3.08. The van der Waals surface area contributed by atoms with Crippen molar-refractivity contribution in [2.24, 2.45) is 5.73 Å². The summed E-state index contributed by atoms with van der Waals surface area (Å²) in [4.78, 5) is 11.2. The quantitative estimate of drug-likeness (QED) is 0.428. The molecule has 0 bridgehead atoms. The van der Waals surface area contributed by atoms with Crippen LogP contribution in [-0.2, 0) is 11.2 Å². The number of amidine groups is 1. The number of unbranched alkanes of at least 4 members (excludes halogenated alkanes) is 1. The van der Waals surface area contributed by atoms with Crippen molar-refractivity contribution in [1.29, 1.82) is 5.41 Å². The molecule has 20 heavy (non-hydrogen) atoms. The lowest BCUT2D eigenvalue weighted by molar-refractivity contribution is -0.116. The number of halogens is 1. The smallest absolute Gasteiger partial charge is 0.224 e. The van der Waals surface area contributed by atoms with Crippen LogP contribution >= 0.6 is 12.4 Å². The number of nitrogens with two attached hydrogens (primary N) is 1. The number of anilines is 1. The third-order valence-electron chi connectivity index (χ3n) is 3.08. The SMILES string of the molecule is Cl.N=C(N)CCCCOc1ccc2c(c1)CCC(=O)N2. The van der Waals surface area contributed by atoms with Gasteiger partial charge in [0, 0.05) is 18.5 Å². The van der Waals surface area contributed by atoms with Crippen LogP contribution in [0.1, 0.15) is 31.2 Å². The van der Waals surface area contributed by atoms with Crippen LogP contribution in [-0.4, -0.2) is 18.3 Å². The molecule has 6 heteroatoms. The largest absolute Gasteiger partial charge is 0.494 e. The van der Waals surface area contributed by atoms with Gasteiger partial charge in [-0.05, 0) is 43.0 Å². The Morgan fingerprint density at radius 3 is 2.90 bits per heavy atom. The Labute approximate surface area is 124 Å². The molecule has 110 valence electrons. The zero-order chi connectivity index (χ0) is 13.7. The van der Waals surface area contributed by atoms with Crippen molar-refractivity contribution in [2.75, 3.05) is 11.9 Å². The molecule has 2 rings (SSSR count). The molecular formula is C14H20ClN3O2. The van der Waals surface area contributed by atoms with Crippen LogP contribution in [0.4, 0.5) is 5.69 Å². The fourth-order valence-corrected chi connectivity index (χ4v) is 2.06. The molecular weight excluding hydrogens is 278 g/mol. The van der Waals surface area contributed by atoms with E-state index in [-0.39, 0.29) is 24.1 Å². The molecule has 4 N–H and O–H groups in total. The number of fused-ring (bicyclic) bond motifs is 1. The van der Waals surface area contributed by atoms with E-state index in [2.05, 4.69) is 5.32 Å². The molecule has 1 aromatic carbocycles. The molecule has 0 fully saturated rings. The van der Waals surface area contributed by atoms with Crippen LogP contribution in [0.15, 0.2) is 18.2 Å². The van der Waals surface area contributed by atoms with Crippen LogP contribution in [0.25, 0.3) is 0 Å². The van der Waals surface area contributed by atoms with Crippen LogP contribution in [0, 0.1) is 5.41 Å². The molecule has 0 spiro atoms. The van der Waals surface area contributed by atoms with E-state index in [1.807, 2.05) is 18.2 Å². The number of benzene rings is 1. The molecule has 1 aromatic rings. The van der Waals surface area contributed by atoms with Gasteiger partial charge in [0.2, 0.25) is 5.91 Å². The van der Waals surface area contributed by atoms with Crippen molar-refractivity contribution in [1.82, 2.24) is 0 Å². The predicted octanol–water partition coefficient (Wildman–Crippen LogP) is 2.48. The van der Waals surface area contributed by atoms with Crippen LogP contribution in [0.2, 0.25) is 0 Å². The lowest BCUT2D eigenvalue weighted by Crippen LogP contribution is -2.18. The molecule has 0 aliphatic carbocycles. The van der Waals surface area contributed by atoms with Crippen LogP contribution in [0.5, 0.6) is 5.75 Å². The van der Waals surface area contributed by atoms with E-state index in [4.69, 9.17) is 15.9 Å². The zero-order valence-corrected chi connectivity index (χ0v) is 12.1. The summed E-state index contributed by atoms with van der Waals surface area (Å²) in [5, 5.41) is 9.96. The first-order chi connectivity index (χ1) is 9.15. The van der Waals surface area contributed by atoms with Crippen LogP contribution in [0.3, 0.4) is 0 Å². The van der Waals surface area contributed by atoms with Crippen molar-refractivity contribution in [3.05, 3.63) is 23.8 Å². The molecule has 0 atom stereocenters. The molecule has 1 amide bonds. The number of amides is 1. The van der Waals surface area contributed by atoms with Gasteiger partial charge >= 0.3 is 0 Å². The first-order valence-electron chi connectivity index (χ1n) is 6.53. The summed E-state index contributed by atoms with van der Waals surface area (Å²) in [5.41, 5.74) is 7.30. The topological polar surface area (TPSA) is 88.2 Å². The summed E-state index contributed by atoms with van der Waals surface area (Å²) < 4.78 is 5.66. The number of aryl methyl sites for hydroxylation is 1. The summed E-state index contributed by atoms with van der Waals surface area (Å²) in [7, 11) is 0. The van der Waals surface area contributed by atoms with Crippen LogP contribution < -0.4 is 15.8 Å². The maximum absolute atomic E-state index is 11.2. The summed E-state index contributed by atoms with van der Waals surface area (Å²) in [6.45, 7) is 0.623. The first kappa shape index (κ1) is 16.3. The molecule has 0 unspecified atom stereocenters. The second-order valence-electron chi connectivity index (χ2n) is 4.70. The lowest BCUT2D eigenvalue weighted by Gasteiger charge is -2.17. The summed E-state index contributed by atoms with van der Waals surface area (Å²) in [6.07, 6.45) is 3.68. The maximum atomic E-state index is 11.2. The lowest BCUT2D eigenvalue weighted by atomic mass is 10.0. The normalized spacial score (nSPS) is 12.9. The molecule has 0 aromatic heterocycles. The number of nitrogens with one attached hydrogen (secondary N) is 2. The maximum Gasteiger partial charge on any atom is 0.224 e.